The first-order valence-corrected chi connectivity index (χ1v) is 10.5. The van der Waals surface area contributed by atoms with Gasteiger partial charge in [0.25, 0.3) is 0 Å². The summed E-state index contributed by atoms with van der Waals surface area (Å²) in [6.07, 6.45) is 6.18. The van der Waals surface area contributed by atoms with E-state index in [2.05, 4.69) is 46.6 Å². The summed E-state index contributed by atoms with van der Waals surface area (Å²) in [6.45, 7) is 5.18. The summed E-state index contributed by atoms with van der Waals surface area (Å²) in [5.41, 5.74) is 12.3. The van der Waals surface area contributed by atoms with Crippen LogP contribution < -0.4 is 5.73 Å². The average molecular weight is 391 g/mol. The van der Waals surface area contributed by atoms with E-state index in [0.29, 0.717) is 6.42 Å². The topological polar surface area (TPSA) is 64.1 Å². The quantitative estimate of drug-likeness (QED) is 0.703. The van der Waals surface area contributed by atoms with E-state index in [4.69, 9.17) is 5.73 Å². The molecule has 0 radical (unpaired) electrons. The average Bonchev–Trinajstić information content (AvgIpc) is 2.87. The number of rotatable bonds is 6. The number of ketones is 1. The van der Waals surface area contributed by atoms with Gasteiger partial charge in [0, 0.05) is 67.4 Å². The third kappa shape index (κ3) is 4.11. The van der Waals surface area contributed by atoms with E-state index < -0.39 is 0 Å². The Hall–Kier alpha value is -2.50. The second-order valence-corrected chi connectivity index (χ2v) is 8.28. The molecule has 0 aliphatic carbocycles. The molecular weight excluding hydrogens is 360 g/mol. The number of pyridine rings is 1. The second-order valence-electron chi connectivity index (χ2n) is 8.28. The van der Waals surface area contributed by atoms with Gasteiger partial charge in [-0.2, -0.15) is 0 Å². The number of carbonyl (C=O) groups excluding carboxylic acids is 1. The molecule has 0 amide bonds. The van der Waals surface area contributed by atoms with Crippen molar-refractivity contribution in [1.29, 1.82) is 0 Å². The number of hydrogen-bond donors (Lipinski definition) is 1. The van der Waals surface area contributed by atoms with Gasteiger partial charge in [0.2, 0.25) is 0 Å². The molecule has 2 aromatic heterocycles. The lowest BCUT2D eigenvalue weighted by molar-refractivity contribution is -0.118. The maximum Gasteiger partial charge on any atom is 0.147 e. The van der Waals surface area contributed by atoms with Crippen LogP contribution >= 0.6 is 0 Å². The molecular formula is C24H30N4O. The van der Waals surface area contributed by atoms with E-state index >= 15 is 0 Å². The highest BCUT2D eigenvalue weighted by Crippen LogP contribution is 2.33. The normalized spacial score (nSPS) is 15.8. The van der Waals surface area contributed by atoms with E-state index in [1.807, 2.05) is 24.5 Å². The van der Waals surface area contributed by atoms with Crippen molar-refractivity contribution in [3.8, 4) is 0 Å². The molecule has 0 saturated carbocycles. The maximum atomic E-state index is 12.3. The fourth-order valence-electron chi connectivity index (χ4n) is 4.58. The van der Waals surface area contributed by atoms with Gasteiger partial charge in [0.1, 0.15) is 5.78 Å². The van der Waals surface area contributed by atoms with Crippen molar-refractivity contribution in [1.82, 2.24) is 14.5 Å². The standard InChI is InChI=1S/C24H30N4O/c1-17-3-4-23-22(13-17)21-7-11-27(2)12-8-24(21)28(23)16-19(14-20(29)15-25)18-5-9-26-10-6-18/h3-6,9-10,13,19H,7-8,11-12,14-16,25H2,1-2H3. The molecule has 29 heavy (non-hydrogen) atoms. The molecule has 5 heteroatoms. The predicted octanol–water partition coefficient (Wildman–Crippen LogP) is 3.08. The number of aryl methyl sites for hydroxylation is 1. The van der Waals surface area contributed by atoms with Crippen LogP contribution in [0.4, 0.5) is 0 Å². The number of carbonyl (C=O) groups is 1. The predicted molar refractivity (Wildman–Crippen MR) is 117 cm³/mol. The first kappa shape index (κ1) is 19.8. The molecule has 3 heterocycles. The molecule has 1 aliphatic rings. The molecule has 0 spiro atoms. The van der Waals surface area contributed by atoms with Crippen molar-refractivity contribution < 1.29 is 4.79 Å². The number of likely N-dealkylation sites (N-methyl/N-ethyl adjacent to an activating group) is 1. The molecule has 3 aromatic rings. The Labute approximate surface area is 172 Å². The molecule has 0 fully saturated rings. The second kappa shape index (κ2) is 8.47. The number of fused-ring (bicyclic) bond motifs is 3. The number of nitrogens with two attached hydrogens (primary N) is 1. The maximum absolute atomic E-state index is 12.3. The van der Waals surface area contributed by atoms with Crippen molar-refractivity contribution in [2.75, 3.05) is 26.7 Å². The Kier molecular flexibility index (Phi) is 5.79. The lowest BCUT2D eigenvalue weighted by atomic mass is 9.94. The molecule has 1 aliphatic heterocycles. The van der Waals surface area contributed by atoms with Crippen LogP contribution in [0.25, 0.3) is 10.9 Å². The van der Waals surface area contributed by atoms with Gasteiger partial charge in [-0.3, -0.25) is 9.78 Å². The van der Waals surface area contributed by atoms with Crippen molar-refractivity contribution in [3.63, 3.8) is 0 Å². The van der Waals surface area contributed by atoms with Crippen LogP contribution in [0, 0.1) is 6.92 Å². The lowest BCUT2D eigenvalue weighted by Gasteiger charge is -2.21. The third-order valence-electron chi connectivity index (χ3n) is 6.20. The van der Waals surface area contributed by atoms with E-state index in [9.17, 15) is 4.79 Å². The summed E-state index contributed by atoms with van der Waals surface area (Å²) in [7, 11) is 2.20. The van der Waals surface area contributed by atoms with Crippen molar-refractivity contribution >= 4 is 16.7 Å². The van der Waals surface area contributed by atoms with Crippen LogP contribution in [0.2, 0.25) is 0 Å². The Morgan fingerprint density at radius 3 is 2.69 bits per heavy atom. The number of benzene rings is 1. The molecule has 4 rings (SSSR count). The summed E-state index contributed by atoms with van der Waals surface area (Å²) in [5, 5.41) is 1.37. The van der Waals surface area contributed by atoms with Crippen LogP contribution in [0.1, 0.15) is 34.7 Å². The molecule has 0 bridgehead atoms. The van der Waals surface area contributed by atoms with Gasteiger partial charge in [0.05, 0.1) is 6.54 Å². The highest BCUT2D eigenvalue weighted by Gasteiger charge is 2.24. The lowest BCUT2D eigenvalue weighted by Crippen LogP contribution is -2.22. The van der Waals surface area contributed by atoms with Gasteiger partial charge < -0.3 is 15.2 Å². The zero-order chi connectivity index (χ0) is 20.4. The molecule has 1 atom stereocenters. The first-order valence-electron chi connectivity index (χ1n) is 10.5. The zero-order valence-corrected chi connectivity index (χ0v) is 17.4. The Balaban J connectivity index is 1.80. The van der Waals surface area contributed by atoms with E-state index in [-0.39, 0.29) is 18.2 Å². The van der Waals surface area contributed by atoms with E-state index in [0.717, 1.165) is 38.0 Å². The Morgan fingerprint density at radius 1 is 1.17 bits per heavy atom. The molecule has 152 valence electrons. The minimum Gasteiger partial charge on any atom is -0.344 e. The van der Waals surface area contributed by atoms with Crippen LogP contribution in [-0.4, -0.2) is 46.9 Å². The Morgan fingerprint density at radius 2 is 1.93 bits per heavy atom. The fraction of sp³-hybridized carbons (Fsp3) is 0.417. The number of Topliss-reactive ketones (excluding diaryl/α,β-unsaturated/α-hetero) is 1. The summed E-state index contributed by atoms with van der Waals surface area (Å²) in [5.74, 6) is 0.195. The van der Waals surface area contributed by atoms with Crippen molar-refractivity contribution in [2.45, 2.75) is 38.6 Å². The zero-order valence-electron chi connectivity index (χ0n) is 17.4. The molecule has 1 unspecified atom stereocenters. The third-order valence-corrected chi connectivity index (χ3v) is 6.20. The molecule has 0 saturated heterocycles. The van der Waals surface area contributed by atoms with Gasteiger partial charge in [-0.25, -0.2) is 0 Å². The number of nitrogens with zero attached hydrogens (tertiary/aromatic N) is 3. The fourth-order valence-corrected chi connectivity index (χ4v) is 4.58. The van der Waals surface area contributed by atoms with Gasteiger partial charge in [-0.1, -0.05) is 11.6 Å². The van der Waals surface area contributed by atoms with E-state index in [1.165, 1.54) is 27.7 Å². The minimum atomic E-state index is 0.0934. The number of aromatic nitrogens is 2. The van der Waals surface area contributed by atoms with E-state index in [1.54, 1.807) is 0 Å². The monoisotopic (exact) mass is 390 g/mol. The van der Waals surface area contributed by atoms with Crippen LogP contribution in [0.3, 0.4) is 0 Å². The SMILES string of the molecule is Cc1ccc2c(c1)c1c(n2CC(CC(=O)CN)c2ccncc2)CCN(C)CC1. The number of hydrogen-bond acceptors (Lipinski definition) is 4. The smallest absolute Gasteiger partial charge is 0.147 e. The van der Waals surface area contributed by atoms with Crippen molar-refractivity contribution in [3.05, 3.63) is 65.1 Å². The summed E-state index contributed by atoms with van der Waals surface area (Å²) < 4.78 is 2.47. The summed E-state index contributed by atoms with van der Waals surface area (Å²) in [4.78, 5) is 18.8. The first-order chi connectivity index (χ1) is 14.1. The summed E-state index contributed by atoms with van der Waals surface area (Å²) >= 11 is 0. The van der Waals surface area contributed by atoms with Gasteiger partial charge in [-0.15, -0.1) is 0 Å². The molecule has 5 nitrogen and oxygen atoms in total. The van der Waals surface area contributed by atoms with Gasteiger partial charge >= 0.3 is 0 Å². The van der Waals surface area contributed by atoms with Crippen LogP contribution in [-0.2, 0) is 24.2 Å². The highest BCUT2D eigenvalue weighted by atomic mass is 16.1. The van der Waals surface area contributed by atoms with Gasteiger partial charge in [-0.05, 0) is 55.8 Å². The largest absolute Gasteiger partial charge is 0.344 e. The Bertz CT molecular complexity index is 1010. The van der Waals surface area contributed by atoms with Crippen LogP contribution in [0.5, 0.6) is 0 Å². The van der Waals surface area contributed by atoms with Crippen LogP contribution in [0.15, 0.2) is 42.7 Å². The summed E-state index contributed by atoms with van der Waals surface area (Å²) in [6, 6.07) is 10.8. The molecule has 2 N–H and O–H groups in total. The van der Waals surface area contributed by atoms with Gasteiger partial charge in [0.15, 0.2) is 0 Å². The van der Waals surface area contributed by atoms with Crippen molar-refractivity contribution in [2.24, 2.45) is 5.73 Å². The highest BCUT2D eigenvalue weighted by molar-refractivity contribution is 5.86. The minimum absolute atomic E-state index is 0.0934. The molecule has 1 aromatic carbocycles.